The Kier molecular flexibility index (Phi) is 6.82. The molecule has 5 nitrogen and oxygen atoms in total. The minimum Gasteiger partial charge on any atom is -0.481 e. The van der Waals surface area contributed by atoms with E-state index >= 15 is 0 Å². The first-order valence-electron chi connectivity index (χ1n) is 7.78. The average Bonchev–Trinajstić information content (AvgIpc) is 2.87. The van der Waals surface area contributed by atoms with E-state index < -0.39 is 11.4 Å². The van der Waals surface area contributed by atoms with Crippen molar-refractivity contribution in [3.63, 3.8) is 0 Å². The van der Waals surface area contributed by atoms with Gasteiger partial charge in [-0.1, -0.05) is 39.0 Å². The SMILES string of the molecule is CCCCCC(C)NC(=O)NCC1(C(=O)O)CCCC1. The van der Waals surface area contributed by atoms with E-state index in [-0.39, 0.29) is 18.6 Å². The Labute approximate surface area is 121 Å². The smallest absolute Gasteiger partial charge is 0.315 e. The highest BCUT2D eigenvalue weighted by atomic mass is 16.4. The molecule has 0 heterocycles. The zero-order valence-corrected chi connectivity index (χ0v) is 12.7. The zero-order chi connectivity index (χ0) is 15.0. The van der Waals surface area contributed by atoms with Gasteiger partial charge in [-0.25, -0.2) is 4.79 Å². The molecule has 0 spiro atoms. The molecule has 0 aromatic carbocycles. The largest absolute Gasteiger partial charge is 0.481 e. The van der Waals surface area contributed by atoms with Crippen molar-refractivity contribution >= 4 is 12.0 Å². The van der Waals surface area contributed by atoms with Gasteiger partial charge in [0, 0.05) is 12.6 Å². The Morgan fingerprint density at radius 1 is 1.25 bits per heavy atom. The number of carboxylic acid groups (broad SMARTS) is 1. The summed E-state index contributed by atoms with van der Waals surface area (Å²) >= 11 is 0. The third-order valence-corrected chi connectivity index (χ3v) is 4.22. The molecule has 0 aliphatic heterocycles. The summed E-state index contributed by atoms with van der Waals surface area (Å²) in [4.78, 5) is 23.2. The molecule has 0 bridgehead atoms. The lowest BCUT2D eigenvalue weighted by Crippen LogP contribution is -2.47. The van der Waals surface area contributed by atoms with Gasteiger partial charge < -0.3 is 15.7 Å². The molecule has 0 saturated heterocycles. The van der Waals surface area contributed by atoms with Gasteiger partial charge in [-0.3, -0.25) is 4.79 Å². The van der Waals surface area contributed by atoms with Gasteiger partial charge >= 0.3 is 12.0 Å². The number of hydrogen-bond acceptors (Lipinski definition) is 2. The average molecular weight is 284 g/mol. The van der Waals surface area contributed by atoms with Gasteiger partial charge in [-0.05, 0) is 26.2 Å². The number of amides is 2. The number of unbranched alkanes of at least 4 members (excludes halogenated alkanes) is 2. The highest BCUT2D eigenvalue weighted by Crippen LogP contribution is 2.37. The predicted molar refractivity (Wildman–Crippen MR) is 78.7 cm³/mol. The molecule has 0 aromatic heterocycles. The Morgan fingerprint density at radius 3 is 2.45 bits per heavy atom. The van der Waals surface area contributed by atoms with Crippen molar-refractivity contribution in [2.75, 3.05) is 6.54 Å². The number of carbonyl (C=O) groups is 2. The van der Waals surface area contributed by atoms with Crippen molar-refractivity contribution in [3.05, 3.63) is 0 Å². The van der Waals surface area contributed by atoms with Crippen molar-refractivity contribution in [1.82, 2.24) is 10.6 Å². The van der Waals surface area contributed by atoms with Crippen LogP contribution >= 0.6 is 0 Å². The maximum absolute atomic E-state index is 11.8. The molecular formula is C15H28N2O3. The van der Waals surface area contributed by atoms with Crippen LogP contribution in [0.4, 0.5) is 4.79 Å². The van der Waals surface area contributed by atoms with Crippen LogP contribution in [0.3, 0.4) is 0 Å². The third-order valence-electron chi connectivity index (χ3n) is 4.22. The van der Waals surface area contributed by atoms with E-state index in [0.29, 0.717) is 12.8 Å². The van der Waals surface area contributed by atoms with Gasteiger partial charge in [0.15, 0.2) is 0 Å². The number of urea groups is 1. The second kappa shape index (κ2) is 8.12. The van der Waals surface area contributed by atoms with Gasteiger partial charge in [0.25, 0.3) is 0 Å². The van der Waals surface area contributed by atoms with E-state index in [1.54, 1.807) is 0 Å². The molecule has 1 unspecified atom stereocenters. The quantitative estimate of drug-likeness (QED) is 0.600. The van der Waals surface area contributed by atoms with Crippen molar-refractivity contribution in [2.45, 2.75) is 71.3 Å². The first-order valence-corrected chi connectivity index (χ1v) is 7.78. The Bertz CT molecular complexity index is 325. The molecule has 1 fully saturated rings. The maximum atomic E-state index is 11.8. The molecule has 0 aromatic rings. The fourth-order valence-electron chi connectivity index (χ4n) is 2.82. The van der Waals surface area contributed by atoms with Crippen LogP contribution in [0.5, 0.6) is 0 Å². The van der Waals surface area contributed by atoms with Crippen molar-refractivity contribution in [3.8, 4) is 0 Å². The summed E-state index contributed by atoms with van der Waals surface area (Å²) in [6, 6.07) is -0.118. The van der Waals surface area contributed by atoms with Crippen molar-refractivity contribution in [2.24, 2.45) is 5.41 Å². The van der Waals surface area contributed by atoms with Crippen LogP contribution in [0.25, 0.3) is 0 Å². The van der Waals surface area contributed by atoms with Crippen LogP contribution in [0, 0.1) is 5.41 Å². The number of nitrogens with one attached hydrogen (secondary N) is 2. The van der Waals surface area contributed by atoms with E-state index in [2.05, 4.69) is 17.6 Å². The minimum atomic E-state index is -0.786. The van der Waals surface area contributed by atoms with E-state index in [9.17, 15) is 14.7 Å². The molecule has 0 radical (unpaired) electrons. The first kappa shape index (κ1) is 16.8. The summed E-state index contributed by atoms with van der Waals surface area (Å²) in [5.74, 6) is -0.786. The topological polar surface area (TPSA) is 78.4 Å². The number of rotatable bonds is 8. The van der Waals surface area contributed by atoms with Crippen molar-refractivity contribution in [1.29, 1.82) is 0 Å². The fraction of sp³-hybridized carbons (Fsp3) is 0.867. The Balaban J connectivity index is 2.29. The van der Waals surface area contributed by atoms with Crippen LogP contribution in [-0.4, -0.2) is 29.7 Å². The van der Waals surface area contributed by atoms with E-state index in [0.717, 1.165) is 25.7 Å². The maximum Gasteiger partial charge on any atom is 0.315 e. The standard InChI is InChI=1S/C15H28N2O3/c1-3-4-5-8-12(2)17-14(20)16-11-15(13(18)19)9-6-7-10-15/h12H,3-11H2,1-2H3,(H,18,19)(H2,16,17,20). The number of carboxylic acids is 1. The van der Waals surface area contributed by atoms with Gasteiger partial charge in [-0.2, -0.15) is 0 Å². The summed E-state index contributed by atoms with van der Waals surface area (Å²) in [6.45, 7) is 4.37. The molecular weight excluding hydrogens is 256 g/mol. The third kappa shape index (κ3) is 5.02. The van der Waals surface area contributed by atoms with Gasteiger partial charge in [0.1, 0.15) is 0 Å². The monoisotopic (exact) mass is 284 g/mol. The van der Waals surface area contributed by atoms with Crippen LogP contribution in [0.15, 0.2) is 0 Å². The highest BCUT2D eigenvalue weighted by molar-refractivity contribution is 5.78. The summed E-state index contributed by atoms with van der Waals surface area (Å²) in [6.07, 6.45) is 7.60. The van der Waals surface area contributed by atoms with Crippen LogP contribution in [-0.2, 0) is 4.79 Å². The second-order valence-corrected chi connectivity index (χ2v) is 6.02. The fourth-order valence-corrected chi connectivity index (χ4v) is 2.82. The lowest BCUT2D eigenvalue weighted by Gasteiger charge is -2.24. The predicted octanol–water partition coefficient (Wildman–Crippen LogP) is 2.90. The van der Waals surface area contributed by atoms with Crippen LogP contribution in [0.1, 0.15) is 65.2 Å². The summed E-state index contributed by atoms with van der Waals surface area (Å²) in [5, 5.41) is 14.9. The first-order chi connectivity index (χ1) is 9.50. The second-order valence-electron chi connectivity index (χ2n) is 6.02. The summed E-state index contributed by atoms with van der Waals surface area (Å²) in [5.41, 5.74) is -0.747. The lowest BCUT2D eigenvalue weighted by molar-refractivity contribution is -0.148. The molecule has 116 valence electrons. The Hall–Kier alpha value is -1.26. The van der Waals surface area contributed by atoms with Gasteiger partial charge in [0.2, 0.25) is 0 Å². The number of carbonyl (C=O) groups excluding carboxylic acids is 1. The van der Waals surface area contributed by atoms with E-state index in [4.69, 9.17) is 0 Å². The van der Waals surface area contributed by atoms with Crippen molar-refractivity contribution < 1.29 is 14.7 Å². The molecule has 1 aliphatic rings. The number of hydrogen-bond donors (Lipinski definition) is 3. The molecule has 3 N–H and O–H groups in total. The lowest BCUT2D eigenvalue weighted by atomic mass is 9.86. The molecule has 20 heavy (non-hydrogen) atoms. The molecule has 2 amide bonds. The van der Waals surface area contributed by atoms with Crippen LogP contribution in [0.2, 0.25) is 0 Å². The summed E-state index contributed by atoms with van der Waals surface area (Å²) in [7, 11) is 0. The molecule has 1 saturated carbocycles. The van der Waals surface area contributed by atoms with Gasteiger partial charge in [-0.15, -0.1) is 0 Å². The molecule has 5 heteroatoms. The normalized spacial score (nSPS) is 18.5. The molecule has 1 rings (SSSR count). The van der Waals surface area contributed by atoms with E-state index in [1.165, 1.54) is 12.8 Å². The molecule has 1 aliphatic carbocycles. The van der Waals surface area contributed by atoms with E-state index in [1.807, 2.05) is 6.92 Å². The molecule has 1 atom stereocenters. The summed E-state index contributed by atoms with van der Waals surface area (Å²) < 4.78 is 0. The Morgan fingerprint density at radius 2 is 1.90 bits per heavy atom. The minimum absolute atomic E-state index is 0.130. The highest BCUT2D eigenvalue weighted by Gasteiger charge is 2.41. The van der Waals surface area contributed by atoms with Gasteiger partial charge in [0.05, 0.1) is 5.41 Å². The zero-order valence-electron chi connectivity index (χ0n) is 12.7. The van der Waals surface area contributed by atoms with Crippen LogP contribution < -0.4 is 10.6 Å². The number of aliphatic carboxylic acids is 1.